The van der Waals surface area contributed by atoms with Crippen molar-refractivity contribution in [3.63, 3.8) is 0 Å². The lowest BCUT2D eigenvalue weighted by molar-refractivity contribution is 0.0973. The predicted molar refractivity (Wildman–Crippen MR) is 89.4 cm³/mol. The molecule has 0 atom stereocenters. The van der Waals surface area contributed by atoms with Gasteiger partial charge in [-0.05, 0) is 49.2 Å². The van der Waals surface area contributed by atoms with Gasteiger partial charge >= 0.3 is 0 Å². The van der Waals surface area contributed by atoms with Crippen molar-refractivity contribution in [2.45, 2.75) is 19.8 Å². The first-order valence-corrected chi connectivity index (χ1v) is 7.91. The lowest BCUT2D eigenvalue weighted by Gasteiger charge is -2.09. The van der Waals surface area contributed by atoms with E-state index in [1.54, 1.807) is 6.07 Å². The van der Waals surface area contributed by atoms with E-state index in [9.17, 15) is 4.79 Å². The van der Waals surface area contributed by atoms with Gasteiger partial charge in [-0.3, -0.25) is 4.79 Å². The van der Waals surface area contributed by atoms with E-state index in [0.29, 0.717) is 24.5 Å². The standard InChI is InChI=1S/C17H16BrClO2/c1-12-11-15(19)8-9-17(12)21-10-2-3-16(20)13-4-6-14(18)7-5-13/h4-9,11H,2-3,10H2,1H3. The van der Waals surface area contributed by atoms with E-state index in [-0.39, 0.29) is 5.78 Å². The van der Waals surface area contributed by atoms with Gasteiger partial charge in [0, 0.05) is 21.5 Å². The molecule has 21 heavy (non-hydrogen) atoms. The maximum absolute atomic E-state index is 12.0. The SMILES string of the molecule is Cc1cc(Cl)ccc1OCCCC(=O)c1ccc(Br)cc1. The van der Waals surface area contributed by atoms with Gasteiger partial charge in [-0.2, -0.15) is 0 Å². The summed E-state index contributed by atoms with van der Waals surface area (Å²) in [5.41, 5.74) is 1.74. The molecule has 0 aliphatic carbocycles. The van der Waals surface area contributed by atoms with Gasteiger partial charge in [-0.25, -0.2) is 0 Å². The zero-order valence-electron chi connectivity index (χ0n) is 11.7. The Morgan fingerprint density at radius 3 is 2.57 bits per heavy atom. The van der Waals surface area contributed by atoms with Crippen molar-refractivity contribution in [2.24, 2.45) is 0 Å². The Balaban J connectivity index is 1.79. The molecule has 2 nitrogen and oxygen atoms in total. The van der Waals surface area contributed by atoms with Crippen LogP contribution in [-0.4, -0.2) is 12.4 Å². The minimum atomic E-state index is 0.138. The average molecular weight is 368 g/mol. The lowest BCUT2D eigenvalue weighted by Crippen LogP contribution is -2.04. The molecule has 0 unspecified atom stereocenters. The van der Waals surface area contributed by atoms with E-state index in [1.807, 2.05) is 43.3 Å². The van der Waals surface area contributed by atoms with Crippen LogP contribution in [0.3, 0.4) is 0 Å². The van der Waals surface area contributed by atoms with Gasteiger partial charge in [0.05, 0.1) is 6.61 Å². The molecular weight excluding hydrogens is 352 g/mol. The molecule has 0 fully saturated rings. The fraction of sp³-hybridized carbons (Fsp3) is 0.235. The van der Waals surface area contributed by atoms with Crippen LogP contribution in [0.5, 0.6) is 5.75 Å². The van der Waals surface area contributed by atoms with Crippen LogP contribution in [0.25, 0.3) is 0 Å². The van der Waals surface area contributed by atoms with Crippen LogP contribution >= 0.6 is 27.5 Å². The fourth-order valence-electron chi connectivity index (χ4n) is 1.97. The average Bonchev–Trinajstić information content (AvgIpc) is 2.46. The summed E-state index contributed by atoms with van der Waals surface area (Å²) in [7, 11) is 0. The van der Waals surface area contributed by atoms with Gasteiger partial charge in [-0.15, -0.1) is 0 Å². The smallest absolute Gasteiger partial charge is 0.163 e. The van der Waals surface area contributed by atoms with Gasteiger partial charge in [0.2, 0.25) is 0 Å². The van der Waals surface area contributed by atoms with Crippen molar-refractivity contribution in [3.8, 4) is 5.75 Å². The van der Waals surface area contributed by atoms with E-state index >= 15 is 0 Å². The van der Waals surface area contributed by atoms with Crippen molar-refractivity contribution in [1.29, 1.82) is 0 Å². The number of aryl methyl sites for hydroxylation is 1. The Bertz CT molecular complexity index is 623. The Labute approximate surface area is 138 Å². The molecule has 0 saturated heterocycles. The number of benzene rings is 2. The first kappa shape index (κ1) is 16.1. The predicted octanol–water partition coefficient (Wildman–Crippen LogP) is 5.45. The van der Waals surface area contributed by atoms with E-state index in [4.69, 9.17) is 16.3 Å². The zero-order valence-corrected chi connectivity index (χ0v) is 14.1. The van der Waals surface area contributed by atoms with Gasteiger partial charge in [0.1, 0.15) is 5.75 Å². The third-order valence-corrected chi connectivity index (χ3v) is 3.87. The molecule has 0 amide bonds. The third-order valence-electron chi connectivity index (χ3n) is 3.11. The highest BCUT2D eigenvalue weighted by molar-refractivity contribution is 9.10. The Morgan fingerprint density at radius 2 is 1.90 bits per heavy atom. The first-order chi connectivity index (χ1) is 10.1. The van der Waals surface area contributed by atoms with Crippen molar-refractivity contribution >= 4 is 33.3 Å². The van der Waals surface area contributed by atoms with Crippen molar-refractivity contribution in [2.75, 3.05) is 6.61 Å². The summed E-state index contributed by atoms with van der Waals surface area (Å²) in [6, 6.07) is 12.9. The highest BCUT2D eigenvalue weighted by Crippen LogP contribution is 2.22. The molecule has 2 aromatic rings. The molecule has 2 rings (SSSR count). The second-order valence-electron chi connectivity index (χ2n) is 4.79. The minimum absolute atomic E-state index is 0.138. The van der Waals surface area contributed by atoms with Gasteiger partial charge in [-0.1, -0.05) is 39.7 Å². The monoisotopic (exact) mass is 366 g/mol. The summed E-state index contributed by atoms with van der Waals surface area (Å²) in [4.78, 5) is 12.0. The Hall–Kier alpha value is -1.32. The Morgan fingerprint density at radius 1 is 1.19 bits per heavy atom. The normalized spacial score (nSPS) is 10.4. The van der Waals surface area contributed by atoms with E-state index in [0.717, 1.165) is 21.3 Å². The molecule has 0 N–H and O–H groups in total. The quantitative estimate of drug-likeness (QED) is 0.501. The molecule has 2 aromatic carbocycles. The highest BCUT2D eigenvalue weighted by atomic mass is 79.9. The molecule has 0 radical (unpaired) electrons. The third kappa shape index (κ3) is 4.87. The van der Waals surface area contributed by atoms with Crippen LogP contribution in [-0.2, 0) is 0 Å². The van der Waals surface area contributed by atoms with Crippen molar-refractivity contribution in [3.05, 3.63) is 63.1 Å². The topological polar surface area (TPSA) is 26.3 Å². The summed E-state index contributed by atoms with van der Waals surface area (Å²) in [5.74, 6) is 0.953. The Kier molecular flexibility index (Phi) is 5.83. The van der Waals surface area contributed by atoms with Crippen LogP contribution in [0.15, 0.2) is 46.9 Å². The molecular formula is C17H16BrClO2. The first-order valence-electron chi connectivity index (χ1n) is 6.74. The fourth-order valence-corrected chi connectivity index (χ4v) is 2.46. The number of carbonyl (C=O) groups is 1. The van der Waals surface area contributed by atoms with Crippen LogP contribution in [0.4, 0.5) is 0 Å². The maximum atomic E-state index is 12.0. The van der Waals surface area contributed by atoms with Gasteiger partial charge in [0.15, 0.2) is 5.78 Å². The van der Waals surface area contributed by atoms with Crippen molar-refractivity contribution in [1.82, 2.24) is 0 Å². The summed E-state index contributed by atoms with van der Waals surface area (Å²) in [5, 5.41) is 0.699. The highest BCUT2D eigenvalue weighted by Gasteiger charge is 2.06. The van der Waals surface area contributed by atoms with Crippen LogP contribution < -0.4 is 4.74 Å². The summed E-state index contributed by atoms with van der Waals surface area (Å²) in [6.07, 6.45) is 1.17. The number of rotatable bonds is 6. The molecule has 0 bridgehead atoms. The van der Waals surface area contributed by atoms with Crippen LogP contribution in [0.2, 0.25) is 5.02 Å². The molecule has 0 heterocycles. The number of hydrogen-bond donors (Lipinski definition) is 0. The number of Topliss-reactive ketones (excluding diaryl/α,β-unsaturated/α-hetero) is 1. The van der Waals surface area contributed by atoms with Gasteiger partial charge < -0.3 is 4.74 Å². The molecule has 0 aromatic heterocycles. The second-order valence-corrected chi connectivity index (χ2v) is 6.14. The minimum Gasteiger partial charge on any atom is -0.493 e. The number of carbonyl (C=O) groups excluding carboxylic acids is 1. The number of ketones is 1. The number of halogens is 2. The molecule has 110 valence electrons. The van der Waals surface area contributed by atoms with E-state index in [1.165, 1.54) is 0 Å². The summed E-state index contributed by atoms with van der Waals surface area (Å²) in [6.45, 7) is 2.47. The van der Waals surface area contributed by atoms with Crippen LogP contribution in [0.1, 0.15) is 28.8 Å². The maximum Gasteiger partial charge on any atom is 0.163 e. The molecule has 4 heteroatoms. The summed E-state index contributed by atoms with van der Waals surface area (Å²) >= 11 is 9.25. The molecule has 0 aliphatic rings. The number of hydrogen-bond acceptors (Lipinski definition) is 2. The molecule has 0 spiro atoms. The molecule has 0 saturated carbocycles. The van der Waals surface area contributed by atoms with E-state index < -0.39 is 0 Å². The largest absolute Gasteiger partial charge is 0.493 e. The zero-order chi connectivity index (χ0) is 15.2. The molecule has 0 aliphatic heterocycles. The number of ether oxygens (including phenoxy) is 1. The van der Waals surface area contributed by atoms with Crippen molar-refractivity contribution < 1.29 is 9.53 Å². The lowest BCUT2D eigenvalue weighted by atomic mass is 10.1. The van der Waals surface area contributed by atoms with Crippen LogP contribution in [0, 0.1) is 6.92 Å². The van der Waals surface area contributed by atoms with E-state index in [2.05, 4.69) is 15.9 Å². The summed E-state index contributed by atoms with van der Waals surface area (Å²) < 4.78 is 6.65. The second kappa shape index (κ2) is 7.62. The van der Waals surface area contributed by atoms with Gasteiger partial charge in [0.25, 0.3) is 0 Å².